The molecule has 0 saturated heterocycles. The maximum atomic E-state index is 9.62. The summed E-state index contributed by atoms with van der Waals surface area (Å²) >= 11 is 14.4. The van der Waals surface area contributed by atoms with E-state index in [0.29, 0.717) is 0 Å². The zero-order valence-electron chi connectivity index (χ0n) is 3.31. The van der Waals surface area contributed by atoms with E-state index in [9.17, 15) is 4.79 Å². The van der Waals surface area contributed by atoms with Crippen molar-refractivity contribution in [2.24, 2.45) is 0 Å². The summed E-state index contributed by atoms with van der Waals surface area (Å²) < 4.78 is -2.17. The molecule has 8 heavy (non-hydrogen) atoms. The summed E-state index contributed by atoms with van der Waals surface area (Å²) in [6, 6.07) is 0. The Balaban J connectivity index is 0. The van der Waals surface area contributed by atoms with E-state index in [4.69, 9.17) is 39.9 Å². The molecule has 2 nitrogen and oxygen atoms in total. The van der Waals surface area contributed by atoms with Gasteiger partial charge in [-0.3, -0.25) is 0 Å². The third kappa shape index (κ3) is 4.98. The second kappa shape index (κ2) is 3.78. The minimum Gasteiger partial charge on any atom is -0.478 e. The fourth-order valence-electron chi connectivity index (χ4n) is 0. The third-order valence-electron chi connectivity index (χ3n) is 0.243. The zero-order chi connectivity index (χ0) is 6.08. The Morgan fingerprint density at radius 1 is 1.38 bits per heavy atom. The van der Waals surface area contributed by atoms with Crippen LogP contribution in [0.4, 0.5) is 0 Å². The molecule has 0 aromatic heterocycles. The molecule has 0 aliphatic carbocycles. The van der Waals surface area contributed by atoms with Crippen molar-refractivity contribution in [3.8, 4) is 0 Å². The SMILES string of the molecule is O=C(O)C(Cl)(Cl)Cl.[Ni]. The largest absolute Gasteiger partial charge is 0.478 e. The molecule has 0 unspecified atom stereocenters. The van der Waals surface area contributed by atoms with Crippen molar-refractivity contribution in [3.63, 3.8) is 0 Å². The molecule has 0 saturated carbocycles. The van der Waals surface area contributed by atoms with Crippen molar-refractivity contribution >= 4 is 40.8 Å². The molecule has 0 aromatic carbocycles. The second-order valence-electron chi connectivity index (χ2n) is 0.803. The van der Waals surface area contributed by atoms with Crippen LogP contribution in [-0.4, -0.2) is 14.9 Å². The van der Waals surface area contributed by atoms with Gasteiger partial charge in [-0.25, -0.2) is 4.79 Å². The van der Waals surface area contributed by atoms with Crippen LogP contribution in [-0.2, 0) is 21.3 Å². The number of halogens is 3. The third-order valence-corrected chi connectivity index (χ3v) is 0.728. The normalized spacial score (nSPS) is 9.88. The maximum absolute atomic E-state index is 9.62. The number of carboxylic acids is 1. The van der Waals surface area contributed by atoms with E-state index in [1.807, 2.05) is 0 Å². The standard InChI is InChI=1S/C2HCl3O2.Ni/c3-2(4,5)1(6)7;/h(H,6,7);. The van der Waals surface area contributed by atoms with E-state index in [0.717, 1.165) is 0 Å². The predicted octanol–water partition coefficient (Wildman–Crippen LogP) is 1.44. The molecule has 52 valence electrons. The van der Waals surface area contributed by atoms with Gasteiger partial charge in [-0.2, -0.15) is 0 Å². The van der Waals surface area contributed by atoms with E-state index >= 15 is 0 Å². The molecular weight excluding hydrogens is 221 g/mol. The quantitative estimate of drug-likeness (QED) is 0.497. The average molecular weight is 222 g/mol. The van der Waals surface area contributed by atoms with Crippen LogP contribution >= 0.6 is 34.8 Å². The van der Waals surface area contributed by atoms with E-state index in [-0.39, 0.29) is 16.5 Å². The summed E-state index contributed by atoms with van der Waals surface area (Å²) in [6.45, 7) is 0. The zero-order valence-corrected chi connectivity index (χ0v) is 6.56. The van der Waals surface area contributed by atoms with Gasteiger partial charge in [-0.1, -0.05) is 34.8 Å². The van der Waals surface area contributed by atoms with Crippen molar-refractivity contribution in [2.75, 3.05) is 0 Å². The maximum Gasteiger partial charge on any atom is 0.356 e. The number of rotatable bonds is 0. The summed E-state index contributed by atoms with van der Waals surface area (Å²) in [5.41, 5.74) is 0. The van der Waals surface area contributed by atoms with Gasteiger partial charge in [0.25, 0.3) is 3.79 Å². The molecule has 0 aliphatic rings. The monoisotopic (exact) mass is 220 g/mol. The molecule has 0 radical (unpaired) electrons. The van der Waals surface area contributed by atoms with Gasteiger partial charge in [0.2, 0.25) is 0 Å². The summed E-state index contributed by atoms with van der Waals surface area (Å²) in [6.07, 6.45) is 0. The van der Waals surface area contributed by atoms with Crippen LogP contribution in [0.5, 0.6) is 0 Å². The molecule has 0 atom stereocenters. The molecular formula is C2HCl3NiO2. The molecule has 0 amide bonds. The predicted molar refractivity (Wildman–Crippen MR) is 27.9 cm³/mol. The van der Waals surface area contributed by atoms with Gasteiger partial charge in [-0.15, -0.1) is 0 Å². The minimum atomic E-state index is -2.17. The van der Waals surface area contributed by atoms with Crippen LogP contribution in [0, 0.1) is 0 Å². The van der Waals surface area contributed by atoms with Crippen LogP contribution < -0.4 is 0 Å². The van der Waals surface area contributed by atoms with Crippen molar-refractivity contribution < 1.29 is 26.4 Å². The molecule has 0 aromatic rings. The number of hydrogen-bond acceptors (Lipinski definition) is 1. The van der Waals surface area contributed by atoms with Crippen LogP contribution in [0.1, 0.15) is 0 Å². The smallest absolute Gasteiger partial charge is 0.356 e. The van der Waals surface area contributed by atoms with Crippen molar-refractivity contribution in [3.05, 3.63) is 0 Å². The van der Waals surface area contributed by atoms with Gasteiger partial charge < -0.3 is 5.11 Å². The fourth-order valence-corrected chi connectivity index (χ4v) is 0. The molecule has 0 heterocycles. The number of hydrogen-bond donors (Lipinski definition) is 1. The van der Waals surface area contributed by atoms with Crippen molar-refractivity contribution in [2.45, 2.75) is 3.79 Å². The Bertz CT molecular complexity index is 87.8. The molecule has 0 fully saturated rings. The van der Waals surface area contributed by atoms with Gasteiger partial charge in [-0.05, 0) is 0 Å². The van der Waals surface area contributed by atoms with Crippen LogP contribution in [0.2, 0.25) is 0 Å². The summed E-state index contributed by atoms with van der Waals surface area (Å²) in [4.78, 5) is 9.62. The first-order valence-electron chi connectivity index (χ1n) is 1.24. The van der Waals surface area contributed by atoms with Crippen molar-refractivity contribution in [1.82, 2.24) is 0 Å². The number of alkyl halides is 3. The van der Waals surface area contributed by atoms with Crippen LogP contribution in [0.15, 0.2) is 0 Å². The summed E-state index contributed by atoms with van der Waals surface area (Å²) in [5.74, 6) is -1.46. The first-order chi connectivity index (χ1) is 2.94. The molecule has 0 rings (SSSR count). The molecule has 1 N–H and O–H groups in total. The van der Waals surface area contributed by atoms with E-state index in [1.165, 1.54) is 0 Å². The van der Waals surface area contributed by atoms with E-state index in [2.05, 4.69) is 0 Å². The van der Waals surface area contributed by atoms with Gasteiger partial charge >= 0.3 is 5.97 Å². The van der Waals surface area contributed by atoms with Crippen molar-refractivity contribution in [1.29, 1.82) is 0 Å². The summed E-state index contributed by atoms with van der Waals surface area (Å²) in [5, 5.41) is 7.85. The van der Waals surface area contributed by atoms with Gasteiger partial charge in [0, 0.05) is 16.5 Å². The molecule has 0 bridgehead atoms. The van der Waals surface area contributed by atoms with Crippen LogP contribution in [0.25, 0.3) is 0 Å². The Hall–Kier alpha value is 0.834. The fraction of sp³-hybridized carbons (Fsp3) is 0.500. The topological polar surface area (TPSA) is 37.3 Å². The number of carbonyl (C=O) groups is 1. The van der Waals surface area contributed by atoms with Gasteiger partial charge in [0.05, 0.1) is 0 Å². The second-order valence-corrected chi connectivity index (χ2v) is 3.08. The molecule has 6 heteroatoms. The first-order valence-corrected chi connectivity index (χ1v) is 2.38. The minimum absolute atomic E-state index is 0. The summed E-state index contributed by atoms with van der Waals surface area (Å²) in [7, 11) is 0. The Labute approximate surface area is 71.0 Å². The Morgan fingerprint density at radius 2 is 1.50 bits per heavy atom. The van der Waals surface area contributed by atoms with Gasteiger partial charge in [0.15, 0.2) is 0 Å². The Kier molecular flexibility index (Phi) is 5.49. The Morgan fingerprint density at radius 3 is 1.50 bits per heavy atom. The number of aliphatic carboxylic acids is 1. The van der Waals surface area contributed by atoms with Crippen LogP contribution in [0.3, 0.4) is 0 Å². The van der Waals surface area contributed by atoms with Gasteiger partial charge in [0.1, 0.15) is 0 Å². The number of carboxylic acid groups (broad SMARTS) is 1. The molecule has 0 aliphatic heterocycles. The van der Waals surface area contributed by atoms with E-state index in [1.54, 1.807) is 0 Å². The average Bonchev–Trinajstić information content (AvgIpc) is 1.31. The molecule has 0 spiro atoms. The van der Waals surface area contributed by atoms with E-state index < -0.39 is 9.76 Å². The first kappa shape index (κ1) is 11.6.